The summed E-state index contributed by atoms with van der Waals surface area (Å²) in [4.78, 5) is 15.0. The Morgan fingerprint density at radius 2 is 1.68 bits per heavy atom. The molecular formula is C17H11N3O2. The molecule has 1 aliphatic heterocycles. The number of hydrogen-bond donors (Lipinski definition) is 1. The zero-order chi connectivity index (χ0) is 15.1. The van der Waals surface area contributed by atoms with Gasteiger partial charge in [-0.1, -0.05) is 24.3 Å². The van der Waals surface area contributed by atoms with Crippen LogP contribution >= 0.6 is 0 Å². The van der Waals surface area contributed by atoms with E-state index in [0.29, 0.717) is 5.84 Å². The van der Waals surface area contributed by atoms with E-state index < -0.39 is 4.92 Å². The second kappa shape index (κ2) is 4.66. The van der Waals surface area contributed by atoms with Crippen molar-refractivity contribution < 1.29 is 4.92 Å². The molecule has 106 valence electrons. The summed E-state index contributed by atoms with van der Waals surface area (Å²) < 4.78 is 0. The zero-order valence-electron chi connectivity index (χ0n) is 11.5. The molecule has 1 heterocycles. The molecule has 0 spiro atoms. The number of amidine groups is 1. The number of anilines is 1. The molecule has 0 saturated heterocycles. The fraction of sp³-hybridized carbons (Fsp3) is 0. The smallest absolute Gasteiger partial charge is 0.269 e. The average Bonchev–Trinajstić information content (AvgIpc) is 2.55. The summed E-state index contributed by atoms with van der Waals surface area (Å²) in [6.45, 7) is 0. The van der Waals surface area contributed by atoms with Crippen LogP contribution in [0, 0.1) is 10.1 Å². The molecule has 0 saturated carbocycles. The van der Waals surface area contributed by atoms with Crippen LogP contribution in [0.4, 0.5) is 17.1 Å². The second-order valence-electron chi connectivity index (χ2n) is 5.07. The maximum absolute atomic E-state index is 10.7. The molecule has 1 aliphatic rings. The van der Waals surface area contributed by atoms with E-state index in [1.54, 1.807) is 12.1 Å². The highest BCUT2D eigenvalue weighted by Gasteiger charge is 2.16. The number of nitro benzene ring substituents is 1. The van der Waals surface area contributed by atoms with Gasteiger partial charge < -0.3 is 5.32 Å². The van der Waals surface area contributed by atoms with Crippen molar-refractivity contribution in [1.82, 2.24) is 0 Å². The van der Waals surface area contributed by atoms with Crippen molar-refractivity contribution >= 4 is 33.7 Å². The van der Waals surface area contributed by atoms with Crippen molar-refractivity contribution in [1.29, 1.82) is 0 Å². The SMILES string of the molecule is O=[N+]([O-])c1ccc(C2=Nc3cccc4cccc(c34)N2)cc1. The minimum atomic E-state index is -0.407. The maximum Gasteiger partial charge on any atom is 0.269 e. The summed E-state index contributed by atoms with van der Waals surface area (Å²) in [5.41, 5.74) is 2.79. The number of nitro groups is 1. The first-order valence-electron chi connectivity index (χ1n) is 6.85. The molecule has 4 rings (SSSR count). The molecule has 0 unspecified atom stereocenters. The van der Waals surface area contributed by atoms with Gasteiger partial charge in [-0.3, -0.25) is 10.1 Å². The summed E-state index contributed by atoms with van der Waals surface area (Å²) in [5.74, 6) is 0.695. The molecule has 0 bridgehead atoms. The van der Waals surface area contributed by atoms with Gasteiger partial charge in [-0.2, -0.15) is 0 Å². The van der Waals surface area contributed by atoms with Crippen LogP contribution < -0.4 is 5.32 Å². The third kappa shape index (κ3) is 1.91. The lowest BCUT2D eigenvalue weighted by molar-refractivity contribution is -0.384. The van der Waals surface area contributed by atoms with Crippen molar-refractivity contribution in [3.8, 4) is 0 Å². The van der Waals surface area contributed by atoms with Crippen molar-refractivity contribution in [2.24, 2.45) is 4.99 Å². The Kier molecular flexibility index (Phi) is 2.66. The number of non-ortho nitro benzene ring substituents is 1. The van der Waals surface area contributed by atoms with Gasteiger partial charge in [0.25, 0.3) is 5.69 Å². The normalized spacial score (nSPS) is 12.6. The molecule has 5 nitrogen and oxygen atoms in total. The Labute approximate surface area is 126 Å². The number of nitrogens with one attached hydrogen (secondary N) is 1. The van der Waals surface area contributed by atoms with Crippen molar-refractivity contribution in [2.45, 2.75) is 0 Å². The van der Waals surface area contributed by atoms with Gasteiger partial charge >= 0.3 is 0 Å². The molecular weight excluding hydrogens is 278 g/mol. The Morgan fingerprint density at radius 1 is 0.955 bits per heavy atom. The summed E-state index contributed by atoms with van der Waals surface area (Å²) >= 11 is 0. The van der Waals surface area contributed by atoms with Gasteiger partial charge in [-0.05, 0) is 29.7 Å². The summed E-state index contributed by atoms with van der Waals surface area (Å²) in [7, 11) is 0. The van der Waals surface area contributed by atoms with Crippen molar-refractivity contribution in [3.63, 3.8) is 0 Å². The molecule has 22 heavy (non-hydrogen) atoms. The lowest BCUT2D eigenvalue weighted by atomic mass is 10.0. The van der Waals surface area contributed by atoms with Crippen LogP contribution in [0.25, 0.3) is 10.8 Å². The molecule has 1 N–H and O–H groups in total. The Hall–Kier alpha value is -3.21. The van der Waals surface area contributed by atoms with Crippen LogP contribution in [0.5, 0.6) is 0 Å². The Bertz CT molecular complexity index is 925. The van der Waals surface area contributed by atoms with Gasteiger partial charge in [-0.15, -0.1) is 0 Å². The minimum absolute atomic E-state index is 0.0719. The molecule has 0 radical (unpaired) electrons. The van der Waals surface area contributed by atoms with Crippen LogP contribution in [0.15, 0.2) is 65.7 Å². The van der Waals surface area contributed by atoms with Gasteiger partial charge in [0.2, 0.25) is 0 Å². The van der Waals surface area contributed by atoms with E-state index in [0.717, 1.165) is 27.7 Å². The highest BCUT2D eigenvalue weighted by Crippen LogP contribution is 2.36. The van der Waals surface area contributed by atoms with Crippen LogP contribution in [0.2, 0.25) is 0 Å². The van der Waals surface area contributed by atoms with E-state index in [9.17, 15) is 10.1 Å². The Balaban J connectivity index is 1.83. The largest absolute Gasteiger partial charge is 0.339 e. The lowest BCUT2D eigenvalue weighted by Crippen LogP contribution is -2.16. The predicted octanol–water partition coefficient (Wildman–Crippen LogP) is 4.25. The lowest BCUT2D eigenvalue weighted by Gasteiger charge is -2.19. The van der Waals surface area contributed by atoms with E-state index >= 15 is 0 Å². The fourth-order valence-electron chi connectivity index (χ4n) is 2.67. The molecule has 5 heteroatoms. The highest BCUT2D eigenvalue weighted by atomic mass is 16.6. The third-order valence-corrected chi connectivity index (χ3v) is 3.72. The van der Waals surface area contributed by atoms with Gasteiger partial charge in [0.05, 0.1) is 10.6 Å². The first-order valence-corrected chi connectivity index (χ1v) is 6.85. The summed E-state index contributed by atoms with van der Waals surface area (Å²) in [6.07, 6.45) is 0. The van der Waals surface area contributed by atoms with Gasteiger partial charge in [-0.25, -0.2) is 4.99 Å². The minimum Gasteiger partial charge on any atom is -0.339 e. The van der Waals surface area contributed by atoms with Gasteiger partial charge in [0.1, 0.15) is 5.84 Å². The first kappa shape index (κ1) is 12.5. The molecule has 3 aromatic rings. The van der Waals surface area contributed by atoms with Gasteiger partial charge in [0.15, 0.2) is 0 Å². The monoisotopic (exact) mass is 289 g/mol. The predicted molar refractivity (Wildman–Crippen MR) is 86.9 cm³/mol. The standard InChI is InChI=1S/C17H11N3O2/c21-20(22)13-9-7-12(8-10-13)17-18-14-5-1-3-11-4-2-6-15(19-17)16(11)14/h1-10H,(H,18,19). The quantitative estimate of drug-likeness (QED) is 0.566. The van der Waals surface area contributed by atoms with E-state index in [2.05, 4.69) is 22.4 Å². The number of benzene rings is 3. The van der Waals surface area contributed by atoms with E-state index in [-0.39, 0.29) is 5.69 Å². The van der Waals surface area contributed by atoms with Crippen molar-refractivity contribution in [2.75, 3.05) is 5.32 Å². The second-order valence-corrected chi connectivity index (χ2v) is 5.07. The summed E-state index contributed by atoms with van der Waals surface area (Å²) in [6, 6.07) is 18.4. The fourth-order valence-corrected chi connectivity index (χ4v) is 2.67. The third-order valence-electron chi connectivity index (χ3n) is 3.72. The number of rotatable bonds is 2. The maximum atomic E-state index is 10.7. The van der Waals surface area contributed by atoms with Crippen LogP contribution in [-0.2, 0) is 0 Å². The van der Waals surface area contributed by atoms with Crippen molar-refractivity contribution in [3.05, 3.63) is 76.3 Å². The molecule has 0 aliphatic carbocycles. The highest BCUT2D eigenvalue weighted by molar-refractivity contribution is 6.18. The van der Waals surface area contributed by atoms with E-state index in [1.807, 2.05) is 24.3 Å². The molecule has 0 fully saturated rings. The Morgan fingerprint density at radius 3 is 2.41 bits per heavy atom. The first-order chi connectivity index (χ1) is 10.7. The number of aliphatic imine (C=N–C) groups is 1. The topological polar surface area (TPSA) is 67.5 Å². The molecule has 0 atom stereocenters. The average molecular weight is 289 g/mol. The molecule has 3 aromatic carbocycles. The number of hydrogen-bond acceptors (Lipinski definition) is 4. The van der Waals surface area contributed by atoms with Crippen LogP contribution in [0.1, 0.15) is 5.56 Å². The van der Waals surface area contributed by atoms with E-state index in [4.69, 9.17) is 0 Å². The zero-order valence-corrected chi connectivity index (χ0v) is 11.5. The number of nitrogens with zero attached hydrogens (tertiary/aromatic N) is 2. The van der Waals surface area contributed by atoms with E-state index in [1.165, 1.54) is 12.1 Å². The van der Waals surface area contributed by atoms with Crippen LogP contribution in [-0.4, -0.2) is 10.8 Å². The summed E-state index contributed by atoms with van der Waals surface area (Å²) in [5, 5.41) is 16.3. The molecule has 0 amide bonds. The van der Waals surface area contributed by atoms with Gasteiger partial charge in [0, 0.05) is 28.8 Å². The van der Waals surface area contributed by atoms with Crippen LogP contribution in [0.3, 0.4) is 0 Å². The molecule has 0 aromatic heterocycles.